The lowest BCUT2D eigenvalue weighted by molar-refractivity contribution is -0.121. The molecular weight excluding hydrogens is 320 g/mol. The van der Waals surface area contributed by atoms with Crippen molar-refractivity contribution in [2.45, 2.75) is 32.2 Å². The van der Waals surface area contributed by atoms with E-state index in [9.17, 15) is 9.59 Å². The molecule has 0 saturated heterocycles. The topological polar surface area (TPSA) is 49.4 Å². The van der Waals surface area contributed by atoms with Gasteiger partial charge in [-0.2, -0.15) is 0 Å². The van der Waals surface area contributed by atoms with Crippen molar-refractivity contribution in [3.8, 4) is 0 Å². The van der Waals surface area contributed by atoms with Crippen LogP contribution in [-0.4, -0.2) is 36.3 Å². The monoisotopic (exact) mass is 338 g/mol. The molecule has 5 heteroatoms. The molecule has 1 aliphatic carbocycles. The average molecular weight is 339 g/mol. The summed E-state index contributed by atoms with van der Waals surface area (Å²) in [5.41, 5.74) is 1.72. The molecule has 1 saturated carbocycles. The first kappa shape index (κ1) is 15.0. The fourth-order valence-corrected chi connectivity index (χ4v) is 2.56. The number of hydrogen-bond acceptors (Lipinski definition) is 2. The number of nitrogens with one attached hydrogen (secondary N) is 1. The van der Waals surface area contributed by atoms with Crippen molar-refractivity contribution in [1.82, 2.24) is 10.2 Å². The standard InChI is InChI=1S/C15H19BrN2O2/c1-10-3-6-12(13(16)9-10)15(20)18(2)8-7-14(19)17-11-4-5-11/h3,6,9,11H,4-5,7-8H2,1-2H3,(H,17,19). The molecule has 0 heterocycles. The number of nitrogens with zero attached hydrogens (tertiary/aromatic N) is 1. The summed E-state index contributed by atoms with van der Waals surface area (Å²) in [5.74, 6) is -0.0498. The van der Waals surface area contributed by atoms with E-state index < -0.39 is 0 Å². The van der Waals surface area contributed by atoms with Gasteiger partial charge >= 0.3 is 0 Å². The molecule has 0 aliphatic heterocycles. The SMILES string of the molecule is Cc1ccc(C(=O)N(C)CCC(=O)NC2CC2)c(Br)c1. The van der Waals surface area contributed by atoms with Crippen molar-refractivity contribution in [2.24, 2.45) is 0 Å². The molecule has 20 heavy (non-hydrogen) atoms. The summed E-state index contributed by atoms with van der Waals surface area (Å²) in [5, 5.41) is 2.92. The Morgan fingerprint density at radius 1 is 1.40 bits per heavy atom. The Balaban J connectivity index is 1.88. The summed E-state index contributed by atoms with van der Waals surface area (Å²) in [6.45, 7) is 2.41. The average Bonchev–Trinajstić information content (AvgIpc) is 3.19. The number of amides is 2. The highest BCUT2D eigenvalue weighted by Crippen LogP contribution is 2.20. The summed E-state index contributed by atoms with van der Waals surface area (Å²) < 4.78 is 0.789. The predicted octanol–water partition coefficient (Wildman–Crippen LogP) is 2.50. The van der Waals surface area contributed by atoms with Crippen LogP contribution in [0.2, 0.25) is 0 Å². The third kappa shape index (κ3) is 4.07. The van der Waals surface area contributed by atoms with E-state index >= 15 is 0 Å². The molecule has 0 atom stereocenters. The highest BCUT2D eigenvalue weighted by atomic mass is 79.9. The van der Waals surface area contributed by atoms with Crippen molar-refractivity contribution >= 4 is 27.7 Å². The maximum atomic E-state index is 12.3. The van der Waals surface area contributed by atoms with Gasteiger partial charge in [-0.3, -0.25) is 9.59 Å². The normalized spacial score (nSPS) is 13.9. The minimum atomic E-state index is -0.0731. The molecule has 1 aromatic carbocycles. The summed E-state index contributed by atoms with van der Waals surface area (Å²) in [6.07, 6.45) is 2.51. The van der Waals surface area contributed by atoms with Gasteiger partial charge in [0.05, 0.1) is 5.56 Å². The molecule has 1 fully saturated rings. The molecule has 0 radical (unpaired) electrons. The van der Waals surface area contributed by atoms with Crippen LogP contribution >= 0.6 is 15.9 Å². The molecule has 0 aromatic heterocycles. The van der Waals surface area contributed by atoms with E-state index in [4.69, 9.17) is 0 Å². The predicted molar refractivity (Wildman–Crippen MR) is 81.6 cm³/mol. The van der Waals surface area contributed by atoms with E-state index in [1.165, 1.54) is 0 Å². The summed E-state index contributed by atoms with van der Waals surface area (Å²) in [7, 11) is 1.72. The Morgan fingerprint density at radius 2 is 2.10 bits per heavy atom. The Hall–Kier alpha value is -1.36. The van der Waals surface area contributed by atoms with Gasteiger partial charge in [0.25, 0.3) is 5.91 Å². The van der Waals surface area contributed by atoms with Gasteiger partial charge in [-0.05, 0) is 53.4 Å². The summed E-state index contributed by atoms with van der Waals surface area (Å²) in [4.78, 5) is 25.5. The third-order valence-corrected chi connectivity index (χ3v) is 3.97. The second kappa shape index (κ2) is 6.39. The second-order valence-electron chi connectivity index (χ2n) is 5.30. The zero-order chi connectivity index (χ0) is 14.7. The first-order chi connectivity index (χ1) is 9.47. The molecule has 2 rings (SSSR count). The molecule has 1 N–H and O–H groups in total. The van der Waals surface area contributed by atoms with Gasteiger partial charge in [0, 0.05) is 30.5 Å². The number of benzene rings is 1. The molecule has 2 amide bonds. The van der Waals surface area contributed by atoms with Crippen LogP contribution in [0, 0.1) is 6.92 Å². The van der Waals surface area contributed by atoms with Gasteiger partial charge in [-0.1, -0.05) is 6.07 Å². The van der Waals surface area contributed by atoms with E-state index in [0.717, 1.165) is 22.9 Å². The molecule has 1 aliphatic rings. The van der Waals surface area contributed by atoms with Crippen molar-refractivity contribution in [3.63, 3.8) is 0 Å². The van der Waals surface area contributed by atoms with Crippen LogP contribution in [0.1, 0.15) is 35.2 Å². The van der Waals surface area contributed by atoms with Crippen LogP contribution in [0.3, 0.4) is 0 Å². The van der Waals surface area contributed by atoms with Crippen molar-refractivity contribution in [2.75, 3.05) is 13.6 Å². The second-order valence-corrected chi connectivity index (χ2v) is 6.16. The molecule has 0 unspecified atom stereocenters. The van der Waals surface area contributed by atoms with Gasteiger partial charge in [0.15, 0.2) is 0 Å². The van der Waals surface area contributed by atoms with E-state index in [1.807, 2.05) is 25.1 Å². The molecule has 108 valence electrons. The van der Waals surface area contributed by atoms with Gasteiger partial charge in [-0.15, -0.1) is 0 Å². The van der Waals surface area contributed by atoms with Crippen LogP contribution in [0.15, 0.2) is 22.7 Å². The maximum Gasteiger partial charge on any atom is 0.254 e. The van der Waals surface area contributed by atoms with Gasteiger partial charge in [0.1, 0.15) is 0 Å². The van der Waals surface area contributed by atoms with E-state index in [0.29, 0.717) is 24.6 Å². The summed E-state index contributed by atoms with van der Waals surface area (Å²) >= 11 is 3.41. The number of carbonyl (C=O) groups is 2. The van der Waals surface area contributed by atoms with Crippen LogP contribution in [0.25, 0.3) is 0 Å². The van der Waals surface area contributed by atoms with E-state index in [1.54, 1.807) is 11.9 Å². The zero-order valence-electron chi connectivity index (χ0n) is 11.8. The fourth-order valence-electron chi connectivity index (χ4n) is 1.90. The van der Waals surface area contributed by atoms with Crippen molar-refractivity contribution in [3.05, 3.63) is 33.8 Å². The van der Waals surface area contributed by atoms with Crippen LogP contribution < -0.4 is 5.32 Å². The lowest BCUT2D eigenvalue weighted by atomic mass is 10.1. The smallest absolute Gasteiger partial charge is 0.254 e. The van der Waals surface area contributed by atoms with Crippen molar-refractivity contribution in [1.29, 1.82) is 0 Å². The number of halogens is 1. The molecular formula is C15H19BrN2O2. The van der Waals surface area contributed by atoms with Crippen molar-refractivity contribution < 1.29 is 9.59 Å². The Morgan fingerprint density at radius 3 is 2.70 bits per heavy atom. The lowest BCUT2D eigenvalue weighted by Crippen LogP contribution is -2.33. The molecule has 0 bridgehead atoms. The van der Waals surface area contributed by atoms with Gasteiger partial charge in [-0.25, -0.2) is 0 Å². The minimum Gasteiger partial charge on any atom is -0.353 e. The highest BCUT2D eigenvalue weighted by Gasteiger charge is 2.23. The first-order valence-electron chi connectivity index (χ1n) is 6.78. The molecule has 4 nitrogen and oxygen atoms in total. The molecule has 1 aromatic rings. The number of carbonyl (C=O) groups excluding carboxylic acids is 2. The first-order valence-corrected chi connectivity index (χ1v) is 7.57. The zero-order valence-corrected chi connectivity index (χ0v) is 13.4. The Labute approximate surface area is 127 Å². The van der Waals surface area contributed by atoms with Crippen LogP contribution in [0.5, 0.6) is 0 Å². The number of rotatable bonds is 5. The minimum absolute atomic E-state index is 0.0233. The third-order valence-electron chi connectivity index (χ3n) is 3.32. The lowest BCUT2D eigenvalue weighted by Gasteiger charge is -2.18. The number of aryl methyl sites for hydroxylation is 1. The fraction of sp³-hybridized carbons (Fsp3) is 0.467. The largest absolute Gasteiger partial charge is 0.353 e. The van der Waals surface area contributed by atoms with Gasteiger partial charge < -0.3 is 10.2 Å². The maximum absolute atomic E-state index is 12.3. The highest BCUT2D eigenvalue weighted by molar-refractivity contribution is 9.10. The number of hydrogen-bond donors (Lipinski definition) is 1. The van der Waals surface area contributed by atoms with Crippen LogP contribution in [-0.2, 0) is 4.79 Å². The van der Waals surface area contributed by atoms with E-state index in [2.05, 4.69) is 21.2 Å². The summed E-state index contributed by atoms with van der Waals surface area (Å²) in [6, 6.07) is 6.00. The van der Waals surface area contributed by atoms with E-state index in [-0.39, 0.29) is 11.8 Å². The Kier molecular flexibility index (Phi) is 4.81. The van der Waals surface area contributed by atoms with Gasteiger partial charge in [0.2, 0.25) is 5.91 Å². The quantitative estimate of drug-likeness (QED) is 0.896. The Bertz CT molecular complexity index is 527. The molecule has 0 spiro atoms. The van der Waals surface area contributed by atoms with Crippen LogP contribution in [0.4, 0.5) is 0 Å².